The summed E-state index contributed by atoms with van der Waals surface area (Å²) in [5.74, 6) is 1.22. The molecule has 0 bridgehead atoms. The molecule has 2 unspecified atom stereocenters. The number of carbonyl (C=O) groups excluding carboxylic acids is 1. The molecular weight excluding hydrogens is 280 g/mol. The molecular formula is C17H22N2O3. The van der Waals surface area contributed by atoms with Crippen LogP contribution >= 0.6 is 0 Å². The van der Waals surface area contributed by atoms with Crippen molar-refractivity contribution in [1.29, 1.82) is 0 Å². The average Bonchev–Trinajstić information content (AvgIpc) is 2.97. The number of para-hydroxylation sites is 1. The van der Waals surface area contributed by atoms with E-state index < -0.39 is 0 Å². The zero-order valence-electron chi connectivity index (χ0n) is 12.7. The second-order valence-electron chi connectivity index (χ2n) is 6.30. The van der Waals surface area contributed by atoms with Gasteiger partial charge in [0.15, 0.2) is 11.5 Å². The Hall–Kier alpha value is -1.75. The quantitative estimate of drug-likeness (QED) is 0.905. The number of hydrogen-bond donors (Lipinski definition) is 1. The van der Waals surface area contributed by atoms with Crippen molar-refractivity contribution in [3.8, 4) is 11.5 Å². The van der Waals surface area contributed by atoms with Crippen LogP contribution in [0.4, 0.5) is 0 Å². The summed E-state index contributed by atoms with van der Waals surface area (Å²) < 4.78 is 11.2. The Bertz CT molecular complexity index is 575. The Morgan fingerprint density at radius 1 is 1.14 bits per heavy atom. The van der Waals surface area contributed by atoms with E-state index in [1.165, 1.54) is 25.8 Å². The summed E-state index contributed by atoms with van der Waals surface area (Å²) in [7, 11) is 0. The zero-order valence-corrected chi connectivity index (χ0v) is 12.7. The number of amides is 1. The first-order valence-corrected chi connectivity index (χ1v) is 8.26. The number of carbonyl (C=O) groups is 1. The number of rotatable bonds is 2. The van der Waals surface area contributed by atoms with Gasteiger partial charge in [0, 0.05) is 18.6 Å². The standard InChI is InChI=1S/C17H22N2O3/c20-17(12-4-3-6-15-16(12)22-11-10-21-15)18-13-7-9-19-8-2-1-5-14(13)19/h3-4,6,13-14H,1-2,5,7-11H2,(H,18,20). The third kappa shape index (κ3) is 2.43. The third-order valence-electron chi connectivity index (χ3n) is 4.98. The molecule has 22 heavy (non-hydrogen) atoms. The maximum Gasteiger partial charge on any atom is 0.255 e. The number of hydrogen-bond acceptors (Lipinski definition) is 4. The number of ether oxygens (including phenoxy) is 2. The normalized spacial score (nSPS) is 27.3. The monoisotopic (exact) mass is 302 g/mol. The summed E-state index contributed by atoms with van der Waals surface area (Å²) in [5, 5.41) is 3.23. The van der Waals surface area contributed by atoms with E-state index in [0.717, 1.165) is 13.0 Å². The molecule has 118 valence electrons. The van der Waals surface area contributed by atoms with Gasteiger partial charge < -0.3 is 14.8 Å². The van der Waals surface area contributed by atoms with E-state index in [1.54, 1.807) is 0 Å². The molecule has 1 aromatic rings. The number of fused-ring (bicyclic) bond motifs is 2. The van der Waals surface area contributed by atoms with E-state index in [9.17, 15) is 4.79 Å². The molecule has 2 fully saturated rings. The van der Waals surface area contributed by atoms with Crippen LogP contribution < -0.4 is 14.8 Å². The van der Waals surface area contributed by atoms with Crippen molar-refractivity contribution in [2.24, 2.45) is 0 Å². The Kier molecular flexibility index (Phi) is 3.66. The van der Waals surface area contributed by atoms with Crippen LogP contribution in [0.25, 0.3) is 0 Å². The molecule has 2 atom stereocenters. The van der Waals surface area contributed by atoms with Crippen molar-refractivity contribution in [3.05, 3.63) is 23.8 Å². The topological polar surface area (TPSA) is 50.8 Å². The van der Waals surface area contributed by atoms with Crippen LogP contribution in [0, 0.1) is 0 Å². The molecule has 3 aliphatic heterocycles. The second kappa shape index (κ2) is 5.80. The Morgan fingerprint density at radius 3 is 3.00 bits per heavy atom. The minimum atomic E-state index is -0.0419. The molecule has 0 radical (unpaired) electrons. The van der Waals surface area contributed by atoms with Crippen molar-refractivity contribution in [2.75, 3.05) is 26.3 Å². The van der Waals surface area contributed by atoms with E-state index in [2.05, 4.69) is 10.2 Å². The molecule has 0 saturated carbocycles. The van der Waals surface area contributed by atoms with Crippen LogP contribution in [-0.2, 0) is 0 Å². The van der Waals surface area contributed by atoms with Gasteiger partial charge in [0.25, 0.3) is 5.91 Å². The zero-order chi connectivity index (χ0) is 14.9. The minimum Gasteiger partial charge on any atom is -0.486 e. The Balaban J connectivity index is 1.51. The highest BCUT2D eigenvalue weighted by Gasteiger charge is 2.36. The maximum absolute atomic E-state index is 12.7. The third-order valence-corrected chi connectivity index (χ3v) is 4.98. The second-order valence-corrected chi connectivity index (χ2v) is 6.30. The van der Waals surface area contributed by atoms with Crippen LogP contribution in [-0.4, -0.2) is 49.2 Å². The summed E-state index contributed by atoms with van der Waals surface area (Å²) in [4.78, 5) is 15.2. The fraction of sp³-hybridized carbons (Fsp3) is 0.588. The first-order valence-electron chi connectivity index (χ1n) is 8.26. The smallest absolute Gasteiger partial charge is 0.255 e. The molecule has 2 saturated heterocycles. The van der Waals surface area contributed by atoms with E-state index in [4.69, 9.17) is 9.47 Å². The van der Waals surface area contributed by atoms with Gasteiger partial charge in [0.05, 0.1) is 5.56 Å². The number of nitrogens with zero attached hydrogens (tertiary/aromatic N) is 1. The van der Waals surface area contributed by atoms with Crippen molar-refractivity contribution in [2.45, 2.75) is 37.8 Å². The van der Waals surface area contributed by atoms with Crippen molar-refractivity contribution >= 4 is 5.91 Å². The lowest BCUT2D eigenvalue weighted by molar-refractivity contribution is 0.0904. The first-order chi connectivity index (χ1) is 10.8. The summed E-state index contributed by atoms with van der Waals surface area (Å²) in [5.41, 5.74) is 0.589. The first kappa shape index (κ1) is 13.9. The van der Waals surface area contributed by atoms with Crippen molar-refractivity contribution in [3.63, 3.8) is 0 Å². The highest BCUT2D eigenvalue weighted by Crippen LogP contribution is 2.34. The highest BCUT2D eigenvalue weighted by molar-refractivity contribution is 5.98. The molecule has 0 spiro atoms. The van der Waals surface area contributed by atoms with Crippen LogP contribution in [0.5, 0.6) is 11.5 Å². The van der Waals surface area contributed by atoms with Crippen molar-refractivity contribution in [1.82, 2.24) is 10.2 Å². The van der Waals surface area contributed by atoms with Gasteiger partial charge in [-0.1, -0.05) is 12.5 Å². The Morgan fingerprint density at radius 2 is 2.05 bits per heavy atom. The highest BCUT2D eigenvalue weighted by atomic mass is 16.6. The summed E-state index contributed by atoms with van der Waals surface area (Å²) in [6, 6.07) is 6.28. The van der Waals surface area contributed by atoms with Gasteiger partial charge in [-0.2, -0.15) is 0 Å². The SMILES string of the molecule is O=C(NC1CCN2CCCCC12)c1cccc2c1OCCO2. The van der Waals surface area contributed by atoms with Crippen LogP contribution in [0.15, 0.2) is 18.2 Å². The molecule has 1 aromatic carbocycles. The van der Waals surface area contributed by atoms with E-state index >= 15 is 0 Å². The van der Waals surface area contributed by atoms with E-state index in [0.29, 0.717) is 36.3 Å². The molecule has 1 amide bonds. The lowest BCUT2D eigenvalue weighted by Crippen LogP contribution is -2.46. The van der Waals surface area contributed by atoms with Gasteiger partial charge in [-0.05, 0) is 37.9 Å². The summed E-state index contributed by atoms with van der Waals surface area (Å²) in [6.45, 7) is 3.31. The van der Waals surface area contributed by atoms with Gasteiger partial charge in [-0.25, -0.2) is 0 Å². The molecule has 1 N–H and O–H groups in total. The summed E-state index contributed by atoms with van der Waals surface area (Å²) >= 11 is 0. The molecule has 0 aliphatic carbocycles. The fourth-order valence-corrected chi connectivity index (χ4v) is 3.91. The maximum atomic E-state index is 12.7. The van der Waals surface area contributed by atoms with Gasteiger partial charge in [-0.3, -0.25) is 9.69 Å². The van der Waals surface area contributed by atoms with Gasteiger partial charge in [0.2, 0.25) is 0 Å². The fourth-order valence-electron chi connectivity index (χ4n) is 3.91. The van der Waals surface area contributed by atoms with Crippen LogP contribution in [0.3, 0.4) is 0 Å². The lowest BCUT2D eigenvalue weighted by atomic mass is 9.98. The number of benzene rings is 1. The molecule has 0 aromatic heterocycles. The van der Waals surface area contributed by atoms with Gasteiger partial charge in [0.1, 0.15) is 13.2 Å². The summed E-state index contributed by atoms with van der Waals surface area (Å²) in [6.07, 6.45) is 4.79. The predicted molar refractivity (Wildman–Crippen MR) is 82.5 cm³/mol. The molecule has 5 nitrogen and oxygen atoms in total. The number of piperidine rings is 1. The molecule has 3 aliphatic rings. The largest absolute Gasteiger partial charge is 0.486 e. The average molecular weight is 302 g/mol. The van der Waals surface area contributed by atoms with E-state index in [-0.39, 0.29) is 11.9 Å². The minimum absolute atomic E-state index is 0.0419. The van der Waals surface area contributed by atoms with Crippen LogP contribution in [0.2, 0.25) is 0 Å². The Labute approximate surface area is 130 Å². The molecule has 4 rings (SSSR count). The number of nitrogens with one attached hydrogen (secondary N) is 1. The molecule has 3 heterocycles. The van der Waals surface area contributed by atoms with Crippen molar-refractivity contribution < 1.29 is 14.3 Å². The van der Waals surface area contributed by atoms with E-state index in [1.807, 2.05) is 18.2 Å². The van der Waals surface area contributed by atoms with Gasteiger partial charge in [-0.15, -0.1) is 0 Å². The lowest BCUT2D eigenvalue weighted by Gasteiger charge is -2.32. The van der Waals surface area contributed by atoms with Gasteiger partial charge >= 0.3 is 0 Å². The predicted octanol–water partition coefficient (Wildman–Crippen LogP) is 1.81. The molecule has 5 heteroatoms. The van der Waals surface area contributed by atoms with Crippen LogP contribution in [0.1, 0.15) is 36.0 Å².